The zero-order valence-electron chi connectivity index (χ0n) is 23.1. The minimum atomic E-state index is 1.19. The van der Waals surface area contributed by atoms with E-state index in [0.29, 0.717) is 0 Å². The Morgan fingerprint density at radius 3 is 2.14 bits per heavy atom. The Bertz CT molecular complexity index is 2720. The lowest BCUT2D eigenvalue weighted by atomic mass is 9.99. The van der Waals surface area contributed by atoms with E-state index in [-0.39, 0.29) is 0 Å². The lowest BCUT2D eigenvalue weighted by molar-refractivity contribution is 1.20. The summed E-state index contributed by atoms with van der Waals surface area (Å²) in [6.45, 7) is 0. The van der Waals surface area contributed by atoms with Crippen molar-refractivity contribution < 1.29 is 0 Å². The number of aromatic amines is 1. The van der Waals surface area contributed by atoms with Crippen LogP contribution in [-0.4, -0.2) is 9.55 Å². The maximum Gasteiger partial charge on any atom is 0.0555 e. The van der Waals surface area contributed by atoms with Crippen molar-refractivity contribution in [1.29, 1.82) is 0 Å². The number of aromatic nitrogens is 2. The lowest BCUT2D eigenvalue weighted by Gasteiger charge is -2.14. The smallest absolute Gasteiger partial charge is 0.0555 e. The van der Waals surface area contributed by atoms with Crippen LogP contribution in [0.25, 0.3) is 91.4 Å². The summed E-state index contributed by atoms with van der Waals surface area (Å²) in [5, 5.41) is 10.3. The molecule has 0 radical (unpaired) electrons. The molecule has 0 spiro atoms. The Kier molecular flexibility index (Phi) is 4.63. The minimum Gasteiger partial charge on any atom is -0.354 e. The van der Waals surface area contributed by atoms with Crippen LogP contribution < -0.4 is 0 Å². The van der Waals surface area contributed by atoms with Crippen molar-refractivity contribution >= 4 is 85.9 Å². The number of thiophene rings is 1. The van der Waals surface area contributed by atoms with Gasteiger partial charge in [0.05, 0.1) is 16.7 Å². The summed E-state index contributed by atoms with van der Waals surface area (Å²) in [4.78, 5) is 3.64. The van der Waals surface area contributed by atoms with Gasteiger partial charge >= 0.3 is 0 Å². The maximum absolute atomic E-state index is 3.64. The zero-order chi connectivity index (χ0) is 28.1. The van der Waals surface area contributed by atoms with E-state index in [0.717, 1.165) is 0 Å². The maximum atomic E-state index is 3.64. The van der Waals surface area contributed by atoms with Gasteiger partial charge in [-0.2, -0.15) is 0 Å². The van der Waals surface area contributed by atoms with Crippen LogP contribution in [-0.2, 0) is 0 Å². The highest BCUT2D eigenvalue weighted by molar-refractivity contribution is 7.26. The van der Waals surface area contributed by atoms with Crippen LogP contribution in [0.4, 0.5) is 0 Å². The van der Waals surface area contributed by atoms with Crippen LogP contribution in [0.1, 0.15) is 0 Å². The van der Waals surface area contributed by atoms with Gasteiger partial charge in [-0.15, -0.1) is 11.3 Å². The van der Waals surface area contributed by atoms with Gasteiger partial charge in [0.2, 0.25) is 0 Å². The second kappa shape index (κ2) is 8.57. The molecule has 0 atom stereocenters. The van der Waals surface area contributed by atoms with Crippen molar-refractivity contribution in [2.24, 2.45) is 0 Å². The van der Waals surface area contributed by atoms with Gasteiger partial charge in [0.25, 0.3) is 0 Å². The SMILES string of the molecule is c1ccc(-c2cc(-n3c4ccccc4c4cc5c(cc43)sc3c5ccc4[nH]c5ccccc5c43)c3ccccc3c2)cc1. The summed E-state index contributed by atoms with van der Waals surface area (Å²) in [7, 11) is 0. The lowest BCUT2D eigenvalue weighted by Crippen LogP contribution is -1.96. The normalized spacial score (nSPS) is 12.2. The topological polar surface area (TPSA) is 20.7 Å². The molecule has 0 amide bonds. The van der Waals surface area contributed by atoms with Gasteiger partial charge in [0.15, 0.2) is 0 Å². The summed E-state index contributed by atoms with van der Waals surface area (Å²) >= 11 is 1.91. The van der Waals surface area contributed by atoms with Crippen molar-refractivity contribution in [3.05, 3.63) is 140 Å². The highest BCUT2D eigenvalue weighted by Crippen LogP contribution is 2.45. The molecule has 0 aliphatic carbocycles. The van der Waals surface area contributed by atoms with E-state index in [9.17, 15) is 0 Å². The number of rotatable bonds is 2. The molecule has 0 unspecified atom stereocenters. The van der Waals surface area contributed by atoms with Gasteiger partial charge in [0, 0.05) is 58.1 Å². The Labute approximate surface area is 251 Å². The molecule has 0 fully saturated rings. The van der Waals surface area contributed by atoms with Crippen molar-refractivity contribution in [3.63, 3.8) is 0 Å². The highest BCUT2D eigenvalue weighted by Gasteiger charge is 2.19. The first-order chi connectivity index (χ1) is 21.3. The quantitative estimate of drug-likeness (QED) is 0.216. The monoisotopic (exact) mass is 564 g/mol. The predicted molar refractivity (Wildman–Crippen MR) is 186 cm³/mol. The fraction of sp³-hybridized carbons (Fsp3) is 0. The van der Waals surface area contributed by atoms with Crippen molar-refractivity contribution in [3.8, 4) is 16.8 Å². The van der Waals surface area contributed by atoms with E-state index < -0.39 is 0 Å². The number of nitrogens with one attached hydrogen (secondary N) is 1. The average Bonchev–Trinajstić information content (AvgIpc) is 3.72. The van der Waals surface area contributed by atoms with E-state index in [2.05, 4.69) is 149 Å². The number of nitrogens with zero attached hydrogens (tertiary/aromatic N) is 1. The van der Waals surface area contributed by atoms with Crippen LogP contribution in [0, 0.1) is 0 Å². The summed E-state index contributed by atoms with van der Waals surface area (Å²) in [5.41, 5.74) is 8.52. The summed E-state index contributed by atoms with van der Waals surface area (Å²) < 4.78 is 5.16. The third-order valence-electron chi connectivity index (χ3n) is 9.09. The number of hydrogen-bond acceptors (Lipinski definition) is 1. The van der Waals surface area contributed by atoms with Crippen LogP contribution >= 0.6 is 11.3 Å². The molecule has 10 rings (SSSR count). The van der Waals surface area contributed by atoms with Crippen LogP contribution in [0.2, 0.25) is 0 Å². The molecule has 1 N–H and O–H groups in total. The number of fused-ring (bicyclic) bond motifs is 11. The number of hydrogen-bond donors (Lipinski definition) is 1. The Balaban J connectivity index is 1.34. The second-order valence-electron chi connectivity index (χ2n) is 11.4. The molecule has 0 aliphatic heterocycles. The van der Waals surface area contributed by atoms with Crippen molar-refractivity contribution in [2.75, 3.05) is 0 Å². The number of H-pyrrole nitrogens is 1. The fourth-order valence-corrected chi connectivity index (χ4v) is 8.44. The standard InChI is InChI=1S/C40H24N2S/c1-2-10-24(11-3-1)26-20-25-12-4-5-13-27(25)36(21-26)42-35-17-9-7-14-28(35)31-22-32-29-18-19-34-39(30-15-6-8-16-33(30)41-34)40(29)43-38(32)23-37(31)42/h1-23,41H. The first-order valence-electron chi connectivity index (χ1n) is 14.7. The summed E-state index contributed by atoms with van der Waals surface area (Å²) in [6, 6.07) is 51.1. The van der Waals surface area contributed by atoms with Crippen molar-refractivity contribution in [1.82, 2.24) is 9.55 Å². The molecule has 2 nitrogen and oxygen atoms in total. The molecule has 0 saturated carbocycles. The number of benzene rings is 7. The molecule has 200 valence electrons. The van der Waals surface area contributed by atoms with Crippen LogP contribution in [0.15, 0.2) is 140 Å². The minimum absolute atomic E-state index is 1.19. The predicted octanol–water partition coefficient (Wildman–Crippen LogP) is 11.6. The zero-order valence-corrected chi connectivity index (χ0v) is 24.0. The van der Waals surface area contributed by atoms with Gasteiger partial charge in [-0.1, -0.05) is 97.1 Å². The molecule has 3 heteroatoms. The van der Waals surface area contributed by atoms with Gasteiger partial charge in [-0.25, -0.2) is 0 Å². The molecular formula is C40H24N2S. The van der Waals surface area contributed by atoms with E-state index in [1.807, 2.05) is 11.3 Å². The largest absolute Gasteiger partial charge is 0.354 e. The van der Waals surface area contributed by atoms with Crippen molar-refractivity contribution in [2.45, 2.75) is 0 Å². The molecule has 3 heterocycles. The van der Waals surface area contributed by atoms with E-state index in [1.165, 1.54) is 91.4 Å². The summed E-state index contributed by atoms with van der Waals surface area (Å²) in [6.07, 6.45) is 0. The molecule has 7 aromatic carbocycles. The molecule has 0 aliphatic rings. The van der Waals surface area contributed by atoms with Crippen LogP contribution in [0.5, 0.6) is 0 Å². The Hall–Kier alpha value is -5.38. The molecular weight excluding hydrogens is 541 g/mol. The third kappa shape index (κ3) is 3.23. The fourth-order valence-electron chi connectivity index (χ4n) is 7.16. The second-order valence-corrected chi connectivity index (χ2v) is 12.5. The molecule has 0 bridgehead atoms. The Morgan fingerprint density at radius 1 is 0.465 bits per heavy atom. The Morgan fingerprint density at radius 2 is 1.23 bits per heavy atom. The molecule has 43 heavy (non-hydrogen) atoms. The molecule has 3 aromatic heterocycles. The molecule has 10 aromatic rings. The highest BCUT2D eigenvalue weighted by atomic mass is 32.1. The van der Waals surface area contributed by atoms with Crippen LogP contribution in [0.3, 0.4) is 0 Å². The van der Waals surface area contributed by atoms with E-state index in [1.54, 1.807) is 0 Å². The van der Waals surface area contributed by atoms with Gasteiger partial charge in [-0.3, -0.25) is 0 Å². The van der Waals surface area contributed by atoms with Gasteiger partial charge in [0.1, 0.15) is 0 Å². The van der Waals surface area contributed by atoms with Gasteiger partial charge < -0.3 is 9.55 Å². The first-order valence-corrected chi connectivity index (χ1v) is 15.5. The first kappa shape index (κ1) is 23.2. The third-order valence-corrected chi connectivity index (χ3v) is 10.3. The number of para-hydroxylation sites is 2. The van der Waals surface area contributed by atoms with E-state index in [4.69, 9.17) is 0 Å². The average molecular weight is 565 g/mol. The van der Waals surface area contributed by atoms with E-state index >= 15 is 0 Å². The molecule has 0 saturated heterocycles. The summed E-state index contributed by atoms with van der Waals surface area (Å²) in [5.74, 6) is 0. The van der Waals surface area contributed by atoms with Gasteiger partial charge in [-0.05, 0) is 59.0 Å².